The van der Waals surface area contributed by atoms with Crippen molar-refractivity contribution < 1.29 is 0 Å². The summed E-state index contributed by atoms with van der Waals surface area (Å²) in [5.41, 5.74) is 1.09. The Bertz CT molecular complexity index is 368. The van der Waals surface area contributed by atoms with Crippen LogP contribution in [0.5, 0.6) is 0 Å². The molecule has 1 unspecified atom stereocenters. The fourth-order valence-electron chi connectivity index (χ4n) is 1.48. The van der Waals surface area contributed by atoms with Gasteiger partial charge in [-0.05, 0) is 24.1 Å². The fraction of sp³-hybridized carbons (Fsp3) is 0.417. The molecule has 0 N–H and O–H groups in total. The Labute approximate surface area is 108 Å². The lowest BCUT2D eigenvalue weighted by Gasteiger charge is -2.11. The topological polar surface area (TPSA) is 23.8 Å². The molecular formula is C12H13Br2N. The maximum atomic E-state index is 9.12. The van der Waals surface area contributed by atoms with E-state index in [-0.39, 0.29) is 5.92 Å². The lowest BCUT2D eigenvalue weighted by Crippen LogP contribution is -1.96. The van der Waals surface area contributed by atoms with E-state index in [9.17, 15) is 0 Å². The van der Waals surface area contributed by atoms with Crippen molar-refractivity contribution in [2.24, 2.45) is 0 Å². The number of nitrogens with zero attached hydrogens (tertiary/aromatic N) is 1. The summed E-state index contributed by atoms with van der Waals surface area (Å²) in [6.45, 7) is 2.14. The van der Waals surface area contributed by atoms with Gasteiger partial charge in [0.25, 0.3) is 0 Å². The van der Waals surface area contributed by atoms with Gasteiger partial charge in [-0.15, -0.1) is 0 Å². The van der Waals surface area contributed by atoms with E-state index in [0.29, 0.717) is 0 Å². The third-order valence-corrected chi connectivity index (χ3v) is 3.52. The predicted molar refractivity (Wildman–Crippen MR) is 69.7 cm³/mol. The van der Waals surface area contributed by atoms with E-state index < -0.39 is 0 Å². The van der Waals surface area contributed by atoms with Crippen LogP contribution in [0.2, 0.25) is 0 Å². The molecule has 0 heterocycles. The summed E-state index contributed by atoms with van der Waals surface area (Å²) in [5, 5.41) is 9.12. The Morgan fingerprint density at radius 1 is 1.40 bits per heavy atom. The third kappa shape index (κ3) is 3.62. The van der Waals surface area contributed by atoms with Gasteiger partial charge in [0, 0.05) is 8.95 Å². The second-order valence-electron chi connectivity index (χ2n) is 3.49. The first kappa shape index (κ1) is 12.7. The first-order valence-electron chi connectivity index (χ1n) is 5.03. The van der Waals surface area contributed by atoms with Crippen molar-refractivity contribution in [1.29, 1.82) is 5.26 Å². The minimum Gasteiger partial charge on any atom is -0.198 e. The van der Waals surface area contributed by atoms with Crippen LogP contribution in [0.3, 0.4) is 0 Å². The van der Waals surface area contributed by atoms with Crippen molar-refractivity contribution in [3.8, 4) is 6.07 Å². The average Bonchev–Trinajstić information content (AvgIpc) is 2.21. The quantitative estimate of drug-likeness (QED) is 0.761. The summed E-state index contributed by atoms with van der Waals surface area (Å²) < 4.78 is 2.05. The van der Waals surface area contributed by atoms with Gasteiger partial charge in [-0.25, -0.2) is 0 Å². The molecule has 0 saturated heterocycles. The zero-order valence-corrected chi connectivity index (χ0v) is 11.8. The molecule has 0 fully saturated rings. The normalized spacial score (nSPS) is 12.1. The lowest BCUT2D eigenvalue weighted by atomic mass is 9.95. The van der Waals surface area contributed by atoms with Gasteiger partial charge in [0.15, 0.2) is 0 Å². The molecule has 0 aliphatic heterocycles. The summed E-state index contributed by atoms with van der Waals surface area (Å²) in [6.07, 6.45) is 3.17. The van der Waals surface area contributed by atoms with Gasteiger partial charge in [0.2, 0.25) is 0 Å². The smallest absolute Gasteiger partial charge is 0.0723 e. The highest BCUT2D eigenvalue weighted by Gasteiger charge is 2.13. The molecule has 0 aliphatic carbocycles. The molecule has 80 valence electrons. The summed E-state index contributed by atoms with van der Waals surface area (Å²) in [5.74, 6) is 0.00687. The Morgan fingerprint density at radius 2 is 2.13 bits per heavy atom. The van der Waals surface area contributed by atoms with Gasteiger partial charge in [0.1, 0.15) is 0 Å². The molecule has 1 aromatic rings. The Kier molecular flexibility index (Phi) is 5.35. The number of unbranched alkanes of at least 4 members (excludes halogenated alkanes) is 1. The minimum absolute atomic E-state index is 0.00687. The van der Waals surface area contributed by atoms with E-state index in [1.54, 1.807) is 0 Å². The molecule has 15 heavy (non-hydrogen) atoms. The summed E-state index contributed by atoms with van der Waals surface area (Å²) in [7, 11) is 0. The highest BCUT2D eigenvalue weighted by molar-refractivity contribution is 9.11. The highest BCUT2D eigenvalue weighted by Crippen LogP contribution is 2.30. The fourth-order valence-corrected chi connectivity index (χ4v) is 2.81. The maximum Gasteiger partial charge on any atom is 0.0723 e. The van der Waals surface area contributed by atoms with Crippen LogP contribution in [0.1, 0.15) is 37.7 Å². The summed E-state index contributed by atoms with van der Waals surface area (Å²) in [6, 6.07) is 8.35. The molecule has 0 saturated carbocycles. The minimum atomic E-state index is 0.00687. The molecule has 0 aromatic heterocycles. The van der Waals surface area contributed by atoms with Gasteiger partial charge in [-0.3, -0.25) is 0 Å². The van der Waals surface area contributed by atoms with E-state index in [1.165, 1.54) is 0 Å². The first-order valence-corrected chi connectivity index (χ1v) is 6.62. The lowest BCUT2D eigenvalue weighted by molar-refractivity contribution is 0.669. The first-order chi connectivity index (χ1) is 7.19. The maximum absolute atomic E-state index is 9.12. The third-order valence-electron chi connectivity index (χ3n) is 2.34. The molecule has 0 aliphatic rings. The van der Waals surface area contributed by atoms with Gasteiger partial charge in [-0.1, -0.05) is 57.7 Å². The van der Waals surface area contributed by atoms with E-state index in [1.807, 2.05) is 18.2 Å². The number of nitriles is 1. The second-order valence-corrected chi connectivity index (χ2v) is 5.26. The van der Waals surface area contributed by atoms with Crippen LogP contribution in [0.15, 0.2) is 27.1 Å². The van der Waals surface area contributed by atoms with Crippen molar-refractivity contribution in [3.63, 3.8) is 0 Å². The van der Waals surface area contributed by atoms with E-state index in [0.717, 1.165) is 33.8 Å². The number of benzene rings is 1. The molecule has 0 spiro atoms. The highest BCUT2D eigenvalue weighted by atomic mass is 79.9. The van der Waals surface area contributed by atoms with Crippen molar-refractivity contribution in [3.05, 3.63) is 32.7 Å². The number of hydrogen-bond donors (Lipinski definition) is 0. The van der Waals surface area contributed by atoms with Crippen LogP contribution < -0.4 is 0 Å². The molecular weight excluding hydrogens is 318 g/mol. The second kappa shape index (κ2) is 6.30. The Hall–Kier alpha value is -0.330. The molecule has 3 heteroatoms. The number of rotatable bonds is 4. The van der Waals surface area contributed by atoms with Crippen molar-refractivity contribution >= 4 is 31.9 Å². The largest absolute Gasteiger partial charge is 0.198 e. The van der Waals surface area contributed by atoms with Crippen LogP contribution in [-0.2, 0) is 0 Å². The van der Waals surface area contributed by atoms with Crippen molar-refractivity contribution in [2.75, 3.05) is 0 Å². The van der Waals surface area contributed by atoms with Crippen LogP contribution >= 0.6 is 31.9 Å². The molecule has 1 atom stereocenters. The van der Waals surface area contributed by atoms with Crippen molar-refractivity contribution in [2.45, 2.75) is 32.1 Å². The zero-order chi connectivity index (χ0) is 11.3. The molecule has 1 aromatic carbocycles. The molecule has 0 amide bonds. The predicted octanol–water partition coefficient (Wildman–Crippen LogP) is 5.01. The molecule has 0 radical (unpaired) electrons. The summed E-state index contributed by atoms with van der Waals surface area (Å²) in [4.78, 5) is 0. The van der Waals surface area contributed by atoms with E-state index >= 15 is 0 Å². The Balaban J connectivity index is 2.88. The van der Waals surface area contributed by atoms with Crippen LogP contribution in [0.4, 0.5) is 0 Å². The number of hydrogen-bond acceptors (Lipinski definition) is 1. The number of halogens is 2. The molecule has 1 nitrogen and oxygen atoms in total. The van der Waals surface area contributed by atoms with Crippen LogP contribution in [0.25, 0.3) is 0 Å². The van der Waals surface area contributed by atoms with Crippen LogP contribution in [0, 0.1) is 11.3 Å². The standard InChI is InChI=1S/C12H13Br2N/c1-2-3-4-9(8-15)11-6-5-10(13)7-12(11)14/h5-7,9H,2-4H2,1H3. The van der Waals surface area contributed by atoms with Gasteiger partial charge in [0.05, 0.1) is 12.0 Å². The monoisotopic (exact) mass is 329 g/mol. The Morgan fingerprint density at radius 3 is 2.67 bits per heavy atom. The van der Waals surface area contributed by atoms with Gasteiger partial charge >= 0.3 is 0 Å². The van der Waals surface area contributed by atoms with E-state index in [4.69, 9.17) is 5.26 Å². The van der Waals surface area contributed by atoms with Gasteiger partial charge < -0.3 is 0 Å². The van der Waals surface area contributed by atoms with Crippen LogP contribution in [-0.4, -0.2) is 0 Å². The molecule has 0 bridgehead atoms. The van der Waals surface area contributed by atoms with Crippen molar-refractivity contribution in [1.82, 2.24) is 0 Å². The molecule has 1 rings (SSSR count). The SMILES string of the molecule is CCCCC(C#N)c1ccc(Br)cc1Br. The van der Waals surface area contributed by atoms with E-state index in [2.05, 4.69) is 44.9 Å². The average molecular weight is 331 g/mol. The zero-order valence-electron chi connectivity index (χ0n) is 8.63. The summed E-state index contributed by atoms with van der Waals surface area (Å²) >= 11 is 6.91. The van der Waals surface area contributed by atoms with Gasteiger partial charge in [-0.2, -0.15) is 5.26 Å².